The van der Waals surface area contributed by atoms with Crippen molar-refractivity contribution in [1.29, 1.82) is 0 Å². The molecule has 4 nitrogen and oxygen atoms in total. The summed E-state index contributed by atoms with van der Waals surface area (Å²) in [6.07, 6.45) is 1.59. The molecule has 2 atom stereocenters. The number of carbonyl (C=O) groups is 1. The fraction of sp³-hybridized carbons (Fsp3) is 0.208. The van der Waals surface area contributed by atoms with Gasteiger partial charge in [0, 0.05) is 5.69 Å². The third-order valence-electron chi connectivity index (χ3n) is 5.72. The SMILES string of the molecule is Cc1ccc([C@H]2N(Nc3ccccc3)C(=O)C3CCc4ccccc4N32)cc1. The molecule has 2 heterocycles. The maximum atomic E-state index is 13.4. The number of fused-ring (bicyclic) bond motifs is 3. The summed E-state index contributed by atoms with van der Waals surface area (Å²) >= 11 is 0. The lowest BCUT2D eigenvalue weighted by atomic mass is 9.95. The topological polar surface area (TPSA) is 35.6 Å². The van der Waals surface area contributed by atoms with Crippen molar-refractivity contribution in [1.82, 2.24) is 5.01 Å². The van der Waals surface area contributed by atoms with E-state index in [0.29, 0.717) is 0 Å². The standard InChI is InChI=1S/C24H23N3O/c1-17-11-13-19(14-12-17)23-26-21-10-6-5-7-18(21)15-16-22(26)24(28)27(23)25-20-8-3-2-4-9-20/h2-14,22-23,25H,15-16H2,1H3/t22?,23-/m1/s1. The number of para-hydroxylation sites is 2. The van der Waals surface area contributed by atoms with Crippen molar-refractivity contribution in [3.05, 3.63) is 95.6 Å². The Morgan fingerprint density at radius 2 is 1.61 bits per heavy atom. The molecule has 3 aromatic carbocycles. The average molecular weight is 369 g/mol. The number of aryl methyl sites for hydroxylation is 2. The molecule has 2 aliphatic heterocycles. The second-order valence-electron chi connectivity index (χ2n) is 7.56. The van der Waals surface area contributed by atoms with E-state index in [1.807, 2.05) is 35.3 Å². The van der Waals surface area contributed by atoms with Gasteiger partial charge in [-0.1, -0.05) is 66.2 Å². The number of nitrogens with zero attached hydrogens (tertiary/aromatic N) is 2. The minimum absolute atomic E-state index is 0.129. The number of rotatable bonds is 3. The highest BCUT2D eigenvalue weighted by molar-refractivity contribution is 5.92. The van der Waals surface area contributed by atoms with Gasteiger partial charge in [0.05, 0.1) is 5.69 Å². The van der Waals surface area contributed by atoms with E-state index in [9.17, 15) is 4.79 Å². The molecule has 1 saturated heterocycles. The lowest BCUT2D eigenvalue weighted by Gasteiger charge is -2.37. The van der Waals surface area contributed by atoms with Crippen LogP contribution in [0, 0.1) is 6.92 Å². The summed E-state index contributed by atoms with van der Waals surface area (Å²) in [4.78, 5) is 15.7. The minimum Gasteiger partial charge on any atom is -0.333 e. The zero-order chi connectivity index (χ0) is 19.1. The van der Waals surface area contributed by atoms with Gasteiger partial charge >= 0.3 is 0 Å². The molecule has 0 radical (unpaired) electrons. The summed E-state index contributed by atoms with van der Waals surface area (Å²) in [7, 11) is 0. The van der Waals surface area contributed by atoms with E-state index in [0.717, 1.165) is 29.8 Å². The molecule has 1 fully saturated rings. The zero-order valence-corrected chi connectivity index (χ0v) is 15.9. The third kappa shape index (κ3) is 2.73. The van der Waals surface area contributed by atoms with Gasteiger partial charge in [0.2, 0.25) is 0 Å². The number of nitrogens with one attached hydrogen (secondary N) is 1. The Morgan fingerprint density at radius 3 is 2.39 bits per heavy atom. The van der Waals surface area contributed by atoms with Crippen LogP contribution in [-0.4, -0.2) is 17.0 Å². The second kappa shape index (κ2) is 6.71. The number of amides is 1. The zero-order valence-electron chi connectivity index (χ0n) is 15.9. The largest absolute Gasteiger partial charge is 0.333 e. The van der Waals surface area contributed by atoms with Crippen LogP contribution in [0.3, 0.4) is 0 Å². The van der Waals surface area contributed by atoms with Crippen LogP contribution in [0.25, 0.3) is 0 Å². The molecule has 0 aliphatic carbocycles. The number of hydrogen-bond donors (Lipinski definition) is 1. The van der Waals surface area contributed by atoms with Crippen LogP contribution in [0.5, 0.6) is 0 Å². The van der Waals surface area contributed by atoms with Crippen molar-refractivity contribution >= 4 is 17.3 Å². The molecular formula is C24H23N3O. The molecule has 4 heteroatoms. The first-order chi connectivity index (χ1) is 13.7. The minimum atomic E-state index is -0.181. The maximum absolute atomic E-state index is 13.4. The summed E-state index contributed by atoms with van der Waals surface area (Å²) in [5, 5.41) is 1.81. The van der Waals surface area contributed by atoms with E-state index in [4.69, 9.17) is 0 Å². The lowest BCUT2D eigenvalue weighted by Crippen LogP contribution is -2.38. The van der Waals surface area contributed by atoms with Crippen LogP contribution in [0.4, 0.5) is 11.4 Å². The van der Waals surface area contributed by atoms with Crippen LogP contribution in [0.1, 0.15) is 29.3 Å². The number of benzene rings is 3. The first kappa shape index (κ1) is 16.9. The van der Waals surface area contributed by atoms with Gasteiger partial charge in [-0.2, -0.15) is 0 Å². The summed E-state index contributed by atoms with van der Waals surface area (Å²) < 4.78 is 0. The predicted octanol–water partition coefficient (Wildman–Crippen LogP) is 4.68. The molecule has 28 heavy (non-hydrogen) atoms. The first-order valence-corrected chi connectivity index (χ1v) is 9.80. The fourth-order valence-electron chi connectivity index (χ4n) is 4.34. The molecule has 0 bridgehead atoms. The normalized spacial score (nSPS) is 20.7. The van der Waals surface area contributed by atoms with Gasteiger partial charge in [0.25, 0.3) is 5.91 Å². The Labute approximate surface area is 165 Å². The Morgan fingerprint density at radius 1 is 0.893 bits per heavy atom. The fourth-order valence-corrected chi connectivity index (χ4v) is 4.34. The van der Waals surface area contributed by atoms with E-state index in [2.05, 4.69) is 65.8 Å². The molecular weight excluding hydrogens is 346 g/mol. The van der Waals surface area contributed by atoms with Crippen LogP contribution < -0.4 is 10.3 Å². The Hall–Kier alpha value is -3.27. The Balaban J connectivity index is 1.62. The number of hydrogen-bond acceptors (Lipinski definition) is 3. The molecule has 5 rings (SSSR count). The summed E-state index contributed by atoms with van der Waals surface area (Å²) in [5.41, 5.74) is 9.10. The van der Waals surface area contributed by atoms with E-state index < -0.39 is 0 Å². The monoisotopic (exact) mass is 369 g/mol. The van der Waals surface area contributed by atoms with Gasteiger partial charge in [-0.25, -0.2) is 5.01 Å². The molecule has 2 aliphatic rings. The van der Waals surface area contributed by atoms with Crippen LogP contribution in [-0.2, 0) is 11.2 Å². The smallest absolute Gasteiger partial charge is 0.265 e. The van der Waals surface area contributed by atoms with Crippen LogP contribution >= 0.6 is 0 Å². The molecule has 1 amide bonds. The van der Waals surface area contributed by atoms with Crippen molar-refractivity contribution in [3.63, 3.8) is 0 Å². The maximum Gasteiger partial charge on any atom is 0.265 e. The van der Waals surface area contributed by atoms with E-state index in [1.54, 1.807) is 0 Å². The molecule has 1 N–H and O–H groups in total. The van der Waals surface area contributed by atoms with Crippen molar-refractivity contribution in [2.24, 2.45) is 0 Å². The van der Waals surface area contributed by atoms with Crippen molar-refractivity contribution in [2.75, 3.05) is 10.3 Å². The van der Waals surface area contributed by atoms with E-state index in [-0.39, 0.29) is 18.1 Å². The lowest BCUT2D eigenvalue weighted by molar-refractivity contribution is -0.128. The Bertz CT molecular complexity index is 1000. The van der Waals surface area contributed by atoms with Gasteiger partial charge in [0.1, 0.15) is 6.04 Å². The van der Waals surface area contributed by atoms with Gasteiger partial charge in [-0.3, -0.25) is 10.2 Å². The van der Waals surface area contributed by atoms with E-state index >= 15 is 0 Å². The highest BCUT2D eigenvalue weighted by atomic mass is 16.2. The van der Waals surface area contributed by atoms with Crippen molar-refractivity contribution in [3.8, 4) is 0 Å². The van der Waals surface area contributed by atoms with Crippen LogP contribution in [0.2, 0.25) is 0 Å². The van der Waals surface area contributed by atoms with E-state index in [1.165, 1.54) is 11.1 Å². The number of hydrazine groups is 1. The predicted molar refractivity (Wildman–Crippen MR) is 112 cm³/mol. The molecule has 140 valence electrons. The van der Waals surface area contributed by atoms with Gasteiger partial charge < -0.3 is 4.90 Å². The Kier molecular flexibility index (Phi) is 4.05. The molecule has 3 aromatic rings. The van der Waals surface area contributed by atoms with Gasteiger partial charge in [0.15, 0.2) is 6.17 Å². The first-order valence-electron chi connectivity index (χ1n) is 9.80. The summed E-state index contributed by atoms with van der Waals surface area (Å²) in [6.45, 7) is 2.09. The number of carbonyl (C=O) groups excluding carboxylic acids is 1. The number of anilines is 2. The summed E-state index contributed by atoms with van der Waals surface area (Å²) in [5.74, 6) is 0.129. The third-order valence-corrected chi connectivity index (χ3v) is 5.72. The van der Waals surface area contributed by atoms with Gasteiger partial charge in [-0.15, -0.1) is 0 Å². The average Bonchev–Trinajstić information content (AvgIpc) is 3.02. The molecule has 0 aromatic heterocycles. The van der Waals surface area contributed by atoms with Crippen LogP contribution in [0.15, 0.2) is 78.9 Å². The van der Waals surface area contributed by atoms with Crippen molar-refractivity contribution < 1.29 is 4.79 Å². The highest BCUT2D eigenvalue weighted by Gasteiger charge is 2.49. The molecule has 0 saturated carbocycles. The molecule has 0 spiro atoms. The van der Waals surface area contributed by atoms with Gasteiger partial charge in [-0.05, 0) is 49.1 Å². The van der Waals surface area contributed by atoms with Crippen molar-refractivity contribution in [2.45, 2.75) is 32.0 Å². The quantitative estimate of drug-likeness (QED) is 0.728. The second-order valence-corrected chi connectivity index (χ2v) is 7.56. The highest BCUT2D eigenvalue weighted by Crippen LogP contribution is 2.44. The summed E-state index contributed by atoms with van der Waals surface area (Å²) in [6, 6.07) is 26.7. The molecule has 1 unspecified atom stereocenters.